The summed E-state index contributed by atoms with van der Waals surface area (Å²) in [5.41, 5.74) is -0.598. The first-order valence-corrected chi connectivity index (χ1v) is 5.88. The Balaban J connectivity index is 3.38. The van der Waals surface area contributed by atoms with Crippen LogP contribution in [0.2, 0.25) is 0 Å². The van der Waals surface area contributed by atoms with Gasteiger partial charge in [-0.3, -0.25) is 4.79 Å². The second kappa shape index (κ2) is 6.19. The number of methoxy groups -OCH3 is 1. The van der Waals surface area contributed by atoms with E-state index in [1.54, 1.807) is 0 Å². The van der Waals surface area contributed by atoms with Crippen molar-refractivity contribution in [2.24, 2.45) is 0 Å². The zero-order valence-electron chi connectivity index (χ0n) is 9.73. The largest absolute Gasteiger partial charge is 0.573 e. The Bertz CT molecular complexity index is 549. The van der Waals surface area contributed by atoms with Gasteiger partial charge >= 0.3 is 18.1 Å². The van der Waals surface area contributed by atoms with Crippen molar-refractivity contribution in [2.45, 2.75) is 12.8 Å². The first-order chi connectivity index (χ1) is 9.14. The Morgan fingerprint density at radius 1 is 1.55 bits per heavy atom. The van der Waals surface area contributed by atoms with Crippen LogP contribution in [0, 0.1) is 13.8 Å². The Morgan fingerprint density at radius 3 is 2.60 bits per heavy atom. The Hall–Kier alpha value is -1.66. The highest BCUT2D eigenvalue weighted by Crippen LogP contribution is 2.33. The first kappa shape index (κ1) is 16.4. The molecular formula is C9H6F3IN2O5. The van der Waals surface area contributed by atoms with E-state index in [4.69, 9.17) is 0 Å². The standard InChI is InChI=1S/C9H6F3IN2O5/c1-19-7(16)2-4-5(20-9(10,11)12)3-6(13)14-8(4)15(17)18/h3H,2H2,1H3. The predicted octanol–water partition coefficient (Wildman–Crippen LogP) is 2.21. The molecule has 1 heterocycles. The van der Waals surface area contributed by atoms with E-state index in [1.807, 2.05) is 0 Å². The molecule has 110 valence electrons. The SMILES string of the molecule is COC(=O)Cc1c(OC(F)(F)F)cc(I)nc1[N+](=O)[O-]. The number of pyridine rings is 1. The van der Waals surface area contributed by atoms with Crippen molar-refractivity contribution in [2.75, 3.05) is 7.11 Å². The molecule has 1 aromatic rings. The summed E-state index contributed by atoms with van der Waals surface area (Å²) >= 11 is 1.50. The lowest BCUT2D eigenvalue weighted by atomic mass is 10.1. The number of hydrogen-bond donors (Lipinski definition) is 0. The Kier molecular flexibility index (Phi) is 5.08. The van der Waals surface area contributed by atoms with Crippen LogP contribution in [0.25, 0.3) is 0 Å². The highest BCUT2D eigenvalue weighted by Gasteiger charge is 2.35. The van der Waals surface area contributed by atoms with E-state index in [9.17, 15) is 28.1 Å². The van der Waals surface area contributed by atoms with Gasteiger partial charge in [0.1, 0.15) is 11.3 Å². The van der Waals surface area contributed by atoms with E-state index in [0.29, 0.717) is 0 Å². The van der Waals surface area contributed by atoms with Gasteiger partial charge in [-0.15, -0.1) is 13.2 Å². The number of hydrogen-bond acceptors (Lipinski definition) is 6. The fourth-order valence-electron chi connectivity index (χ4n) is 1.26. The lowest BCUT2D eigenvalue weighted by Gasteiger charge is -2.12. The fraction of sp³-hybridized carbons (Fsp3) is 0.333. The summed E-state index contributed by atoms with van der Waals surface area (Å²) in [6.45, 7) is 0. The maximum absolute atomic E-state index is 12.3. The normalized spacial score (nSPS) is 11.1. The summed E-state index contributed by atoms with van der Waals surface area (Å²) in [6, 6.07) is 0.847. The molecule has 0 N–H and O–H groups in total. The Labute approximate surface area is 123 Å². The molecule has 20 heavy (non-hydrogen) atoms. The summed E-state index contributed by atoms with van der Waals surface area (Å²) in [5, 5.41) is 10.8. The molecule has 11 heteroatoms. The van der Waals surface area contributed by atoms with Gasteiger partial charge in [0.2, 0.25) is 3.70 Å². The number of halogens is 4. The third-order valence-corrected chi connectivity index (χ3v) is 2.53. The summed E-state index contributed by atoms with van der Waals surface area (Å²) < 4.78 is 44.7. The van der Waals surface area contributed by atoms with Crippen LogP contribution < -0.4 is 4.74 Å². The third kappa shape index (κ3) is 4.47. The minimum atomic E-state index is -5.05. The highest BCUT2D eigenvalue weighted by atomic mass is 127. The van der Waals surface area contributed by atoms with Crippen LogP contribution in [-0.2, 0) is 16.0 Å². The van der Waals surface area contributed by atoms with E-state index < -0.39 is 40.8 Å². The molecule has 0 atom stereocenters. The molecular weight excluding hydrogens is 400 g/mol. The predicted molar refractivity (Wildman–Crippen MR) is 66.0 cm³/mol. The minimum Gasteiger partial charge on any atom is -0.469 e. The second-order valence-electron chi connectivity index (χ2n) is 3.30. The first-order valence-electron chi connectivity index (χ1n) is 4.80. The van der Waals surface area contributed by atoms with E-state index in [1.165, 1.54) is 22.6 Å². The molecule has 0 radical (unpaired) electrons. The van der Waals surface area contributed by atoms with Gasteiger partial charge in [-0.05, 0) is 9.91 Å². The van der Waals surface area contributed by atoms with Crippen LogP contribution in [-0.4, -0.2) is 29.3 Å². The number of nitrogens with zero attached hydrogens (tertiary/aromatic N) is 2. The molecule has 1 aromatic heterocycles. The number of carbonyl (C=O) groups excluding carboxylic acids is 1. The molecule has 0 saturated heterocycles. The van der Waals surface area contributed by atoms with E-state index in [-0.39, 0.29) is 3.70 Å². The van der Waals surface area contributed by atoms with Crippen LogP contribution in [0.5, 0.6) is 5.75 Å². The number of esters is 1. The van der Waals surface area contributed by atoms with Crippen molar-refractivity contribution >= 4 is 34.4 Å². The van der Waals surface area contributed by atoms with Gasteiger partial charge < -0.3 is 19.6 Å². The number of carbonyl (C=O) groups is 1. The van der Waals surface area contributed by atoms with Crippen molar-refractivity contribution in [1.82, 2.24) is 4.98 Å². The zero-order valence-corrected chi connectivity index (χ0v) is 11.9. The number of rotatable bonds is 4. The van der Waals surface area contributed by atoms with Crippen molar-refractivity contribution in [3.05, 3.63) is 25.4 Å². The molecule has 0 aromatic carbocycles. The quantitative estimate of drug-likeness (QED) is 0.250. The monoisotopic (exact) mass is 406 g/mol. The molecule has 0 aliphatic carbocycles. The van der Waals surface area contributed by atoms with Gasteiger partial charge in [0, 0.05) is 28.7 Å². The summed E-state index contributed by atoms with van der Waals surface area (Å²) in [5.74, 6) is -2.70. The van der Waals surface area contributed by atoms with E-state index in [0.717, 1.165) is 13.2 Å². The minimum absolute atomic E-state index is 0.0813. The number of aromatic nitrogens is 1. The molecule has 0 aliphatic rings. The van der Waals surface area contributed by atoms with E-state index in [2.05, 4.69) is 14.5 Å². The van der Waals surface area contributed by atoms with Gasteiger partial charge in [-0.1, -0.05) is 0 Å². The average molecular weight is 406 g/mol. The van der Waals surface area contributed by atoms with Crippen LogP contribution in [0.15, 0.2) is 6.07 Å². The molecule has 0 aliphatic heterocycles. The second-order valence-corrected chi connectivity index (χ2v) is 4.41. The molecule has 0 amide bonds. The molecule has 0 saturated carbocycles. The number of nitro groups is 1. The van der Waals surface area contributed by atoms with Crippen LogP contribution in [0.1, 0.15) is 5.56 Å². The molecule has 7 nitrogen and oxygen atoms in total. The van der Waals surface area contributed by atoms with Crippen molar-refractivity contribution < 1.29 is 32.4 Å². The van der Waals surface area contributed by atoms with Gasteiger partial charge in [0.15, 0.2) is 0 Å². The van der Waals surface area contributed by atoms with Crippen molar-refractivity contribution in [3.63, 3.8) is 0 Å². The lowest BCUT2D eigenvalue weighted by molar-refractivity contribution is -0.390. The third-order valence-electron chi connectivity index (χ3n) is 1.98. The van der Waals surface area contributed by atoms with Gasteiger partial charge in [0.05, 0.1) is 13.5 Å². The summed E-state index contributed by atoms with van der Waals surface area (Å²) in [4.78, 5) is 24.4. The van der Waals surface area contributed by atoms with Crippen LogP contribution in [0.4, 0.5) is 19.0 Å². The maximum Gasteiger partial charge on any atom is 0.573 e. The van der Waals surface area contributed by atoms with Gasteiger partial charge in [-0.2, -0.15) is 0 Å². The molecule has 0 fully saturated rings. The highest BCUT2D eigenvalue weighted by molar-refractivity contribution is 14.1. The fourth-order valence-corrected chi connectivity index (χ4v) is 1.77. The topological polar surface area (TPSA) is 91.6 Å². The molecule has 0 bridgehead atoms. The van der Waals surface area contributed by atoms with Gasteiger partial charge in [-0.25, -0.2) is 0 Å². The van der Waals surface area contributed by atoms with Crippen molar-refractivity contribution in [1.29, 1.82) is 0 Å². The van der Waals surface area contributed by atoms with Crippen molar-refractivity contribution in [3.8, 4) is 5.75 Å². The summed E-state index contributed by atoms with van der Waals surface area (Å²) in [7, 11) is 0.999. The lowest BCUT2D eigenvalue weighted by Crippen LogP contribution is -2.20. The Morgan fingerprint density at radius 2 is 2.15 bits per heavy atom. The number of alkyl halides is 3. The van der Waals surface area contributed by atoms with Crippen LogP contribution in [0.3, 0.4) is 0 Å². The van der Waals surface area contributed by atoms with E-state index >= 15 is 0 Å². The number of ether oxygens (including phenoxy) is 2. The molecule has 0 unspecified atom stereocenters. The molecule has 1 rings (SSSR count). The molecule has 0 spiro atoms. The smallest absolute Gasteiger partial charge is 0.469 e. The summed E-state index contributed by atoms with van der Waals surface area (Å²) in [6.07, 6.45) is -5.81. The van der Waals surface area contributed by atoms with Gasteiger partial charge in [0.25, 0.3) is 0 Å². The average Bonchev–Trinajstić information content (AvgIpc) is 2.29. The zero-order chi connectivity index (χ0) is 15.5. The van der Waals surface area contributed by atoms with Crippen LogP contribution >= 0.6 is 22.6 Å². The maximum atomic E-state index is 12.3.